The number of benzene rings is 1. The van der Waals surface area contributed by atoms with Gasteiger partial charge in [0.2, 0.25) is 0 Å². The van der Waals surface area contributed by atoms with Gasteiger partial charge in [0.15, 0.2) is 0 Å². The van der Waals surface area contributed by atoms with Crippen LogP contribution in [0.4, 0.5) is 4.39 Å². The van der Waals surface area contributed by atoms with Crippen molar-refractivity contribution in [2.75, 3.05) is 11.5 Å². The van der Waals surface area contributed by atoms with Gasteiger partial charge in [-0.3, -0.25) is 4.21 Å². The van der Waals surface area contributed by atoms with Gasteiger partial charge in [0.25, 0.3) is 0 Å². The molecule has 19 heavy (non-hydrogen) atoms. The molecule has 0 spiro atoms. The first-order valence-electron chi connectivity index (χ1n) is 7.08. The van der Waals surface area contributed by atoms with E-state index in [1.165, 1.54) is 0 Å². The molecule has 0 radical (unpaired) electrons. The molecule has 0 bridgehead atoms. The minimum atomic E-state index is -0.589. The molecule has 0 amide bonds. The van der Waals surface area contributed by atoms with E-state index < -0.39 is 10.8 Å². The minimum Gasteiger partial charge on any atom is -0.311 e. The Morgan fingerprint density at radius 1 is 1.11 bits per heavy atom. The van der Waals surface area contributed by atoms with Gasteiger partial charge < -0.3 is 5.32 Å². The van der Waals surface area contributed by atoms with Crippen molar-refractivity contribution >= 4 is 10.8 Å². The summed E-state index contributed by atoms with van der Waals surface area (Å²) >= 11 is 0. The fourth-order valence-electron chi connectivity index (χ4n) is 3.11. The van der Waals surface area contributed by atoms with Crippen molar-refractivity contribution in [3.8, 4) is 0 Å². The predicted molar refractivity (Wildman–Crippen MR) is 76.2 cm³/mol. The normalized spacial score (nSPS) is 34.8. The summed E-state index contributed by atoms with van der Waals surface area (Å²) in [5, 5.41) is 3.64. The maximum absolute atomic E-state index is 13.6. The molecule has 4 heteroatoms. The molecule has 1 saturated carbocycles. The van der Waals surface area contributed by atoms with Gasteiger partial charge in [-0.15, -0.1) is 0 Å². The lowest BCUT2D eigenvalue weighted by Crippen LogP contribution is -2.47. The molecule has 0 unspecified atom stereocenters. The van der Waals surface area contributed by atoms with Crippen molar-refractivity contribution < 1.29 is 8.60 Å². The molecular formula is C15H20FNOS. The average molecular weight is 281 g/mol. The van der Waals surface area contributed by atoms with Crippen LogP contribution in [0.25, 0.3) is 0 Å². The van der Waals surface area contributed by atoms with Crippen LogP contribution in [-0.2, 0) is 10.8 Å². The predicted octanol–water partition coefficient (Wildman–Crippen LogP) is 2.57. The number of rotatable bonds is 3. The van der Waals surface area contributed by atoms with Crippen molar-refractivity contribution in [3.05, 3.63) is 35.6 Å². The molecular weight excluding hydrogens is 261 g/mol. The zero-order valence-electron chi connectivity index (χ0n) is 11.0. The summed E-state index contributed by atoms with van der Waals surface area (Å²) in [5.74, 6) is 1.97. The van der Waals surface area contributed by atoms with E-state index in [0.717, 1.165) is 42.8 Å². The number of hydrogen-bond donors (Lipinski definition) is 1. The van der Waals surface area contributed by atoms with Crippen LogP contribution in [0.3, 0.4) is 0 Å². The third-order valence-electron chi connectivity index (χ3n) is 4.34. The molecule has 0 aromatic heterocycles. The molecule has 1 N–H and O–H groups in total. The quantitative estimate of drug-likeness (QED) is 0.922. The molecule has 2 aliphatic rings. The van der Waals surface area contributed by atoms with Gasteiger partial charge in [-0.25, -0.2) is 4.39 Å². The van der Waals surface area contributed by atoms with E-state index in [1.807, 2.05) is 12.1 Å². The summed E-state index contributed by atoms with van der Waals surface area (Å²) < 4.78 is 24.9. The van der Waals surface area contributed by atoms with Crippen molar-refractivity contribution in [2.45, 2.75) is 43.7 Å². The van der Waals surface area contributed by atoms with Crippen LogP contribution in [0.5, 0.6) is 0 Å². The fraction of sp³-hybridized carbons (Fsp3) is 0.600. The van der Waals surface area contributed by atoms with Crippen molar-refractivity contribution in [1.29, 1.82) is 0 Å². The van der Waals surface area contributed by atoms with E-state index >= 15 is 0 Å². The fourth-order valence-corrected chi connectivity index (χ4v) is 4.41. The molecule has 0 atom stereocenters. The third-order valence-corrected chi connectivity index (χ3v) is 5.72. The summed E-state index contributed by atoms with van der Waals surface area (Å²) in [4.78, 5) is 0. The third kappa shape index (κ3) is 3.06. The van der Waals surface area contributed by atoms with Gasteiger partial charge in [0.1, 0.15) is 5.82 Å². The van der Waals surface area contributed by atoms with E-state index in [-0.39, 0.29) is 5.82 Å². The van der Waals surface area contributed by atoms with Gasteiger partial charge >= 0.3 is 0 Å². The Bertz CT molecular complexity index is 463. The SMILES string of the molecule is O=S1CCC(NC2CC(c3ccccc3F)C2)CC1. The maximum Gasteiger partial charge on any atom is 0.126 e. The number of nitrogens with one attached hydrogen (secondary N) is 1. The van der Waals surface area contributed by atoms with Crippen LogP contribution < -0.4 is 5.32 Å². The molecule has 1 aromatic carbocycles. The van der Waals surface area contributed by atoms with Crippen LogP contribution in [-0.4, -0.2) is 27.8 Å². The lowest BCUT2D eigenvalue weighted by Gasteiger charge is -2.39. The molecule has 1 aliphatic heterocycles. The van der Waals surface area contributed by atoms with Gasteiger partial charge in [-0.1, -0.05) is 18.2 Å². The summed E-state index contributed by atoms with van der Waals surface area (Å²) in [6.07, 6.45) is 4.10. The standard InChI is InChI=1S/C15H20FNOS/c16-15-4-2-1-3-14(15)11-9-13(10-11)17-12-5-7-19(18)8-6-12/h1-4,11-13,17H,5-10H2. The second-order valence-electron chi connectivity index (χ2n) is 5.68. The Hall–Kier alpha value is -0.740. The highest BCUT2D eigenvalue weighted by atomic mass is 32.2. The average Bonchev–Trinajstić information content (AvgIpc) is 2.37. The molecule has 2 nitrogen and oxygen atoms in total. The molecule has 1 saturated heterocycles. The lowest BCUT2D eigenvalue weighted by atomic mass is 9.75. The first-order chi connectivity index (χ1) is 9.22. The van der Waals surface area contributed by atoms with Crippen LogP contribution >= 0.6 is 0 Å². The highest BCUT2D eigenvalue weighted by molar-refractivity contribution is 7.85. The van der Waals surface area contributed by atoms with Crippen LogP contribution in [0.2, 0.25) is 0 Å². The topological polar surface area (TPSA) is 29.1 Å². The number of hydrogen-bond acceptors (Lipinski definition) is 2. The zero-order valence-corrected chi connectivity index (χ0v) is 11.8. The Kier molecular flexibility index (Phi) is 3.99. The largest absolute Gasteiger partial charge is 0.311 e. The molecule has 3 rings (SSSR count). The maximum atomic E-state index is 13.6. The Morgan fingerprint density at radius 2 is 1.79 bits per heavy atom. The van der Waals surface area contributed by atoms with E-state index in [1.54, 1.807) is 12.1 Å². The molecule has 1 heterocycles. The Morgan fingerprint density at radius 3 is 2.47 bits per heavy atom. The summed E-state index contributed by atoms with van der Waals surface area (Å²) in [6.45, 7) is 0. The molecule has 1 aliphatic carbocycles. The zero-order chi connectivity index (χ0) is 13.2. The van der Waals surface area contributed by atoms with E-state index in [2.05, 4.69) is 5.32 Å². The summed E-state index contributed by atoms with van der Waals surface area (Å²) in [7, 11) is -0.589. The van der Waals surface area contributed by atoms with Crippen LogP contribution in [0, 0.1) is 5.82 Å². The van der Waals surface area contributed by atoms with Crippen LogP contribution in [0.1, 0.15) is 37.2 Å². The Labute approximate surface area is 116 Å². The van der Waals surface area contributed by atoms with Crippen LogP contribution in [0.15, 0.2) is 24.3 Å². The van der Waals surface area contributed by atoms with Gasteiger partial charge in [-0.2, -0.15) is 0 Å². The first-order valence-corrected chi connectivity index (χ1v) is 8.56. The van der Waals surface area contributed by atoms with Gasteiger partial charge in [-0.05, 0) is 43.2 Å². The van der Waals surface area contributed by atoms with Gasteiger partial charge in [0, 0.05) is 34.4 Å². The van der Waals surface area contributed by atoms with E-state index in [0.29, 0.717) is 18.0 Å². The Balaban J connectivity index is 1.48. The smallest absolute Gasteiger partial charge is 0.126 e. The first kappa shape index (κ1) is 13.3. The van der Waals surface area contributed by atoms with Crippen molar-refractivity contribution in [1.82, 2.24) is 5.32 Å². The van der Waals surface area contributed by atoms with Gasteiger partial charge in [0.05, 0.1) is 0 Å². The lowest BCUT2D eigenvalue weighted by molar-refractivity contribution is 0.254. The minimum absolute atomic E-state index is 0.0704. The van der Waals surface area contributed by atoms with Crippen molar-refractivity contribution in [3.63, 3.8) is 0 Å². The molecule has 1 aromatic rings. The van der Waals surface area contributed by atoms with Crippen molar-refractivity contribution in [2.24, 2.45) is 0 Å². The highest BCUT2D eigenvalue weighted by Crippen LogP contribution is 2.38. The second kappa shape index (κ2) is 5.71. The number of halogens is 1. The summed E-state index contributed by atoms with van der Waals surface area (Å²) in [5.41, 5.74) is 0.866. The molecule has 2 fully saturated rings. The highest BCUT2D eigenvalue weighted by Gasteiger charge is 2.33. The summed E-state index contributed by atoms with van der Waals surface area (Å²) in [6, 6.07) is 8.14. The van der Waals surface area contributed by atoms with E-state index in [9.17, 15) is 8.60 Å². The van der Waals surface area contributed by atoms with E-state index in [4.69, 9.17) is 0 Å². The second-order valence-corrected chi connectivity index (χ2v) is 7.37. The monoisotopic (exact) mass is 281 g/mol. The molecule has 104 valence electrons.